The van der Waals surface area contributed by atoms with Gasteiger partial charge in [-0.1, -0.05) is 44.4 Å². The van der Waals surface area contributed by atoms with E-state index in [9.17, 15) is 13.2 Å². The summed E-state index contributed by atoms with van der Waals surface area (Å²) in [5, 5.41) is 6.37. The van der Waals surface area contributed by atoms with Gasteiger partial charge in [-0.3, -0.25) is 4.18 Å². The minimum absolute atomic E-state index is 0.0602. The number of carbonyl (C=O) groups is 1. The van der Waals surface area contributed by atoms with Gasteiger partial charge in [0.25, 0.3) is 10.1 Å². The Balaban J connectivity index is 0.00000126. The van der Waals surface area contributed by atoms with Crippen LogP contribution in [0.25, 0.3) is 0 Å². The van der Waals surface area contributed by atoms with Gasteiger partial charge in [-0.2, -0.15) is 20.2 Å². The highest BCUT2D eigenvalue weighted by Gasteiger charge is 2.42. The van der Waals surface area contributed by atoms with Gasteiger partial charge in [0.05, 0.1) is 23.6 Å². The van der Waals surface area contributed by atoms with Crippen LogP contribution in [0.3, 0.4) is 0 Å². The molecule has 27 heavy (non-hydrogen) atoms. The molecule has 3 atom stereocenters. The van der Waals surface area contributed by atoms with E-state index in [-0.39, 0.29) is 29.6 Å². The third-order valence-corrected chi connectivity index (χ3v) is 7.45. The van der Waals surface area contributed by atoms with E-state index in [1.54, 1.807) is 24.3 Å². The van der Waals surface area contributed by atoms with Crippen LogP contribution in [0.2, 0.25) is 0 Å². The van der Waals surface area contributed by atoms with E-state index in [1.165, 1.54) is 0 Å². The minimum atomic E-state index is -3.66. The monoisotopic (exact) mass is 414 g/mol. The maximum absolute atomic E-state index is 12.1. The van der Waals surface area contributed by atoms with Crippen molar-refractivity contribution in [2.75, 3.05) is 12.4 Å². The molecule has 0 aromatic heterocycles. The van der Waals surface area contributed by atoms with Crippen molar-refractivity contribution in [2.24, 2.45) is 0 Å². The van der Waals surface area contributed by atoms with E-state index >= 15 is 0 Å². The molecule has 0 bridgehead atoms. The van der Waals surface area contributed by atoms with Crippen molar-refractivity contribution >= 4 is 27.9 Å². The highest BCUT2D eigenvalue weighted by atomic mass is 32.2. The van der Waals surface area contributed by atoms with Crippen molar-refractivity contribution in [1.82, 2.24) is 10.6 Å². The van der Waals surface area contributed by atoms with E-state index in [1.807, 2.05) is 32.5 Å². The molecule has 2 aliphatic rings. The lowest BCUT2D eigenvalue weighted by atomic mass is 10.0. The molecule has 2 saturated heterocycles. The molecule has 1 aromatic carbocycles. The molecule has 1 aromatic rings. The van der Waals surface area contributed by atoms with Gasteiger partial charge in [0.2, 0.25) is 0 Å². The largest absolute Gasteiger partial charge is 0.332 e. The summed E-state index contributed by atoms with van der Waals surface area (Å²) in [4.78, 5) is 11.5. The second-order valence-corrected chi connectivity index (χ2v) is 9.45. The molecule has 0 spiro atoms. The molecule has 2 fully saturated rings. The van der Waals surface area contributed by atoms with Crippen molar-refractivity contribution in [3.05, 3.63) is 29.8 Å². The fourth-order valence-electron chi connectivity index (χ4n) is 3.21. The van der Waals surface area contributed by atoms with Gasteiger partial charge in [0.1, 0.15) is 0 Å². The van der Waals surface area contributed by atoms with Crippen LogP contribution in [0.15, 0.2) is 29.2 Å². The van der Waals surface area contributed by atoms with Crippen LogP contribution in [0, 0.1) is 6.92 Å². The quantitative estimate of drug-likeness (QED) is 0.387. The second kappa shape index (κ2) is 10.3. The number of carbonyl (C=O) groups excluding carboxylic acids is 1. The fourth-order valence-corrected chi connectivity index (χ4v) is 5.70. The first-order valence-electron chi connectivity index (χ1n) is 9.60. The summed E-state index contributed by atoms with van der Waals surface area (Å²) in [5.74, 6) is 0.964. The van der Waals surface area contributed by atoms with Crippen molar-refractivity contribution in [3.63, 3.8) is 0 Å². The highest BCUT2D eigenvalue weighted by Crippen LogP contribution is 2.33. The molecule has 8 heteroatoms. The SMILES string of the molecule is CC.Cc1ccc(S(=O)(=O)OCCCCCC2SCC3NC(=O)NC32)cc1. The van der Waals surface area contributed by atoms with Gasteiger partial charge in [-0.05, 0) is 31.9 Å². The van der Waals surface area contributed by atoms with Gasteiger partial charge in [-0.15, -0.1) is 0 Å². The number of hydrogen-bond acceptors (Lipinski definition) is 5. The number of rotatable bonds is 8. The average Bonchev–Trinajstić information content (AvgIpc) is 3.19. The smallest absolute Gasteiger partial charge is 0.315 e. The van der Waals surface area contributed by atoms with E-state index in [0.717, 1.165) is 30.6 Å². The summed E-state index contributed by atoms with van der Waals surface area (Å²) in [6, 6.07) is 7.10. The van der Waals surface area contributed by atoms with Crippen LogP contribution in [0.4, 0.5) is 4.79 Å². The maximum atomic E-state index is 12.1. The topological polar surface area (TPSA) is 84.5 Å². The van der Waals surface area contributed by atoms with Crippen LogP contribution in [0.5, 0.6) is 0 Å². The first-order chi connectivity index (χ1) is 13.0. The zero-order valence-corrected chi connectivity index (χ0v) is 17.9. The van der Waals surface area contributed by atoms with Gasteiger partial charge in [0.15, 0.2) is 0 Å². The molecule has 152 valence electrons. The van der Waals surface area contributed by atoms with E-state index in [2.05, 4.69) is 10.6 Å². The number of aryl methyl sites for hydroxylation is 1. The molecule has 3 rings (SSSR count). The van der Waals surface area contributed by atoms with Gasteiger partial charge in [-0.25, -0.2) is 4.79 Å². The summed E-state index contributed by atoms with van der Waals surface area (Å²) >= 11 is 1.90. The zero-order valence-electron chi connectivity index (χ0n) is 16.2. The first kappa shape index (κ1) is 22.0. The van der Waals surface area contributed by atoms with Crippen LogP contribution < -0.4 is 10.6 Å². The standard InChI is InChI=1S/C17H24N2O4S2.C2H6/c1-12-6-8-13(9-7-12)25(21,22)23-10-4-2-3-5-15-16-14(11-24-15)18-17(20)19-16;1-2/h6-9,14-16H,2-5,10-11H2,1H3,(H2,18,19,20);1-2H3. The van der Waals surface area contributed by atoms with Crippen molar-refractivity contribution < 1.29 is 17.4 Å². The van der Waals surface area contributed by atoms with Crippen LogP contribution in [-0.2, 0) is 14.3 Å². The Labute approximate surface area is 167 Å². The molecular weight excluding hydrogens is 384 g/mol. The summed E-state index contributed by atoms with van der Waals surface area (Å²) < 4.78 is 29.2. The molecule has 2 heterocycles. The lowest BCUT2D eigenvalue weighted by Crippen LogP contribution is -2.36. The molecule has 0 radical (unpaired) electrons. The molecular formula is C19H30N2O4S2. The molecule has 2 amide bonds. The van der Waals surface area contributed by atoms with Crippen molar-refractivity contribution in [3.8, 4) is 0 Å². The Kier molecular flexibility index (Phi) is 8.44. The van der Waals surface area contributed by atoms with Crippen LogP contribution in [0.1, 0.15) is 45.1 Å². The van der Waals surface area contributed by atoms with Gasteiger partial charge in [0, 0.05) is 11.0 Å². The van der Waals surface area contributed by atoms with Gasteiger partial charge >= 0.3 is 6.03 Å². The van der Waals surface area contributed by atoms with Crippen molar-refractivity contribution in [2.45, 2.75) is 68.7 Å². The molecule has 2 aliphatic heterocycles. The normalized spacial score (nSPS) is 23.8. The number of benzene rings is 1. The third-order valence-electron chi connectivity index (χ3n) is 4.62. The lowest BCUT2D eigenvalue weighted by Gasteiger charge is -2.16. The summed E-state index contributed by atoms with van der Waals surface area (Å²) in [6.45, 7) is 6.12. The predicted octanol–water partition coefficient (Wildman–Crippen LogP) is 3.45. The second-order valence-electron chi connectivity index (χ2n) is 6.56. The Morgan fingerprint density at radius 2 is 1.81 bits per heavy atom. The zero-order chi connectivity index (χ0) is 19.9. The molecule has 0 aliphatic carbocycles. The Bertz CT molecular complexity index is 707. The number of nitrogens with one attached hydrogen (secondary N) is 2. The number of hydrogen-bond donors (Lipinski definition) is 2. The maximum Gasteiger partial charge on any atom is 0.315 e. The number of thioether (sulfide) groups is 1. The number of amides is 2. The number of urea groups is 1. The van der Waals surface area contributed by atoms with E-state index < -0.39 is 10.1 Å². The summed E-state index contributed by atoms with van der Waals surface area (Å²) in [7, 11) is -3.66. The van der Waals surface area contributed by atoms with E-state index in [0.29, 0.717) is 11.7 Å². The number of unbranched alkanes of at least 4 members (excludes halogenated alkanes) is 2. The molecule has 6 nitrogen and oxygen atoms in total. The van der Waals surface area contributed by atoms with Crippen LogP contribution in [-0.4, -0.2) is 44.1 Å². The Morgan fingerprint density at radius 3 is 2.52 bits per heavy atom. The highest BCUT2D eigenvalue weighted by molar-refractivity contribution is 8.00. The minimum Gasteiger partial charge on any atom is -0.332 e. The molecule has 2 N–H and O–H groups in total. The average molecular weight is 415 g/mol. The van der Waals surface area contributed by atoms with Gasteiger partial charge < -0.3 is 10.6 Å². The molecule has 0 saturated carbocycles. The van der Waals surface area contributed by atoms with Crippen molar-refractivity contribution in [1.29, 1.82) is 0 Å². The molecule has 3 unspecified atom stereocenters. The van der Waals surface area contributed by atoms with Crippen LogP contribution >= 0.6 is 11.8 Å². The fraction of sp³-hybridized carbons (Fsp3) is 0.632. The number of fused-ring (bicyclic) bond motifs is 1. The summed E-state index contributed by atoms with van der Waals surface area (Å²) in [5.41, 5.74) is 1.01. The summed E-state index contributed by atoms with van der Waals surface area (Å²) in [6.07, 6.45) is 3.66. The Morgan fingerprint density at radius 1 is 1.11 bits per heavy atom. The van der Waals surface area contributed by atoms with E-state index in [4.69, 9.17) is 4.18 Å². The Hall–Kier alpha value is -1.25. The lowest BCUT2D eigenvalue weighted by molar-refractivity contribution is 0.247. The predicted molar refractivity (Wildman–Crippen MR) is 110 cm³/mol. The third kappa shape index (κ3) is 6.12. The first-order valence-corrected chi connectivity index (χ1v) is 12.1.